The summed E-state index contributed by atoms with van der Waals surface area (Å²) in [5.41, 5.74) is 2.19. The minimum absolute atomic E-state index is 0.0131. The molecule has 2 saturated heterocycles. The highest BCUT2D eigenvalue weighted by molar-refractivity contribution is 7.10. The molecule has 2 fully saturated rings. The summed E-state index contributed by atoms with van der Waals surface area (Å²) in [6.45, 7) is 5.69. The molecule has 6 rings (SSSR count). The van der Waals surface area contributed by atoms with E-state index in [1.807, 2.05) is 37.4 Å². The van der Waals surface area contributed by atoms with Crippen LogP contribution in [0.15, 0.2) is 84.2 Å². The van der Waals surface area contributed by atoms with Gasteiger partial charge in [0.2, 0.25) is 5.91 Å². The third-order valence-electron chi connectivity index (χ3n) is 8.99. The first kappa shape index (κ1) is 31.3. The Morgan fingerprint density at radius 1 is 0.935 bits per heavy atom. The van der Waals surface area contributed by atoms with Crippen LogP contribution >= 0.6 is 11.3 Å². The predicted molar refractivity (Wildman–Crippen MR) is 172 cm³/mol. The number of thiophene rings is 1. The highest BCUT2D eigenvalue weighted by Crippen LogP contribution is 2.54. The molecule has 4 atom stereocenters. The molecule has 3 heterocycles. The number of rotatable bonds is 7. The maximum absolute atomic E-state index is 14.9. The molecule has 0 saturated carbocycles. The average Bonchev–Trinajstić information content (AvgIpc) is 3.65. The van der Waals surface area contributed by atoms with Crippen molar-refractivity contribution in [2.45, 2.75) is 31.8 Å². The smallest absolute Gasteiger partial charge is 0.269 e. The number of Topliss-reactive ketones (excluding diaryl/α,β-unsaturated/α-hetero) is 1. The third-order valence-corrected chi connectivity index (χ3v) is 10.1. The summed E-state index contributed by atoms with van der Waals surface area (Å²) in [5, 5.41) is 17.1. The zero-order valence-electron chi connectivity index (χ0n) is 25.4. The van der Waals surface area contributed by atoms with Crippen LogP contribution in [0.2, 0.25) is 0 Å². The molecule has 236 valence electrons. The van der Waals surface area contributed by atoms with Crippen LogP contribution in [0.5, 0.6) is 0 Å². The Bertz CT molecular complexity index is 1820. The van der Waals surface area contributed by atoms with Gasteiger partial charge < -0.3 is 15.1 Å². The molecule has 1 N–H and O–H groups in total. The lowest BCUT2D eigenvalue weighted by Gasteiger charge is -2.36. The Kier molecular flexibility index (Phi) is 8.79. The molecular formula is C35H33FN4O5S. The van der Waals surface area contributed by atoms with E-state index in [1.165, 1.54) is 52.6 Å². The number of nitrogens with zero attached hydrogens (tertiary/aromatic N) is 3. The second kappa shape index (κ2) is 12.9. The molecule has 1 aromatic heterocycles. The van der Waals surface area contributed by atoms with Gasteiger partial charge in [0.25, 0.3) is 11.6 Å². The minimum Gasteiger partial charge on any atom is -0.338 e. The highest BCUT2D eigenvalue weighted by atomic mass is 32.1. The van der Waals surface area contributed by atoms with Gasteiger partial charge in [-0.1, -0.05) is 42.5 Å². The number of nitro groups is 1. The topological polar surface area (TPSA) is 113 Å². The van der Waals surface area contributed by atoms with Crippen molar-refractivity contribution in [2.24, 2.45) is 5.92 Å². The number of carbonyl (C=O) groups is 3. The third kappa shape index (κ3) is 5.72. The van der Waals surface area contributed by atoms with Crippen molar-refractivity contribution in [1.82, 2.24) is 15.1 Å². The number of hydrogen-bond acceptors (Lipinski definition) is 7. The monoisotopic (exact) mass is 640 g/mol. The number of benzene rings is 3. The summed E-state index contributed by atoms with van der Waals surface area (Å²) >= 11 is 1.41. The van der Waals surface area contributed by atoms with Gasteiger partial charge in [-0.15, -0.1) is 11.3 Å². The number of piperazine rings is 1. The number of hydrogen-bond donors (Lipinski definition) is 1. The van der Waals surface area contributed by atoms with Crippen molar-refractivity contribution in [3.63, 3.8) is 0 Å². The van der Waals surface area contributed by atoms with Crippen molar-refractivity contribution in [3.05, 3.63) is 133 Å². The summed E-state index contributed by atoms with van der Waals surface area (Å²) in [4.78, 5) is 59.7. The van der Waals surface area contributed by atoms with E-state index in [-0.39, 0.29) is 22.9 Å². The molecule has 0 bridgehead atoms. The Morgan fingerprint density at radius 2 is 1.67 bits per heavy atom. The molecule has 4 unspecified atom stereocenters. The summed E-state index contributed by atoms with van der Waals surface area (Å²) < 4.78 is 14.6. The maximum atomic E-state index is 14.9. The molecule has 0 radical (unpaired) electrons. The molecule has 11 heteroatoms. The van der Waals surface area contributed by atoms with Crippen LogP contribution in [0.4, 0.5) is 10.1 Å². The zero-order chi connectivity index (χ0) is 32.5. The average molecular weight is 641 g/mol. The zero-order valence-corrected chi connectivity index (χ0v) is 26.2. The quantitative estimate of drug-likeness (QED) is 0.158. The molecule has 2 aliphatic heterocycles. The van der Waals surface area contributed by atoms with E-state index in [2.05, 4.69) is 5.32 Å². The SMILES string of the molecule is Cc1ccccc1C(=O)C1C(c2sccc2C)C(C(=O)N2CCNCC2)N(C(=O)c2cccc(F)c2)C1c1cccc([N+](=O)[O-])c1. The first-order chi connectivity index (χ1) is 22.2. The molecule has 2 amide bonds. The number of nitrogens with one attached hydrogen (secondary N) is 1. The Morgan fingerprint density at radius 3 is 2.35 bits per heavy atom. The minimum atomic E-state index is -1.14. The Hall–Kier alpha value is -4.74. The van der Waals surface area contributed by atoms with E-state index >= 15 is 0 Å². The van der Waals surface area contributed by atoms with E-state index < -0.39 is 40.6 Å². The summed E-state index contributed by atoms with van der Waals surface area (Å²) in [7, 11) is 0. The van der Waals surface area contributed by atoms with Gasteiger partial charge in [0, 0.05) is 60.2 Å². The van der Waals surface area contributed by atoms with Crippen molar-refractivity contribution in [1.29, 1.82) is 0 Å². The molecule has 0 aliphatic carbocycles. The van der Waals surface area contributed by atoms with Crippen molar-refractivity contribution < 1.29 is 23.7 Å². The largest absolute Gasteiger partial charge is 0.338 e. The second-order valence-corrected chi connectivity index (χ2v) is 12.7. The van der Waals surface area contributed by atoms with Crippen LogP contribution in [-0.4, -0.2) is 64.5 Å². The Balaban J connectivity index is 1.65. The fourth-order valence-electron chi connectivity index (χ4n) is 6.84. The number of nitro benzene ring substituents is 1. The maximum Gasteiger partial charge on any atom is 0.269 e. The van der Waals surface area contributed by atoms with Crippen LogP contribution in [0, 0.1) is 35.7 Å². The first-order valence-electron chi connectivity index (χ1n) is 15.1. The van der Waals surface area contributed by atoms with Gasteiger partial charge in [-0.3, -0.25) is 24.5 Å². The number of likely N-dealkylation sites (tertiary alicyclic amines) is 1. The van der Waals surface area contributed by atoms with Gasteiger partial charge in [0.1, 0.15) is 11.9 Å². The normalized spacial score (nSPS) is 21.3. The molecule has 2 aliphatic rings. The van der Waals surface area contributed by atoms with E-state index in [9.17, 15) is 28.9 Å². The summed E-state index contributed by atoms with van der Waals surface area (Å²) in [6, 6.07) is 18.0. The van der Waals surface area contributed by atoms with Gasteiger partial charge in [-0.25, -0.2) is 4.39 Å². The predicted octanol–water partition coefficient (Wildman–Crippen LogP) is 5.69. The van der Waals surface area contributed by atoms with Gasteiger partial charge in [-0.2, -0.15) is 0 Å². The van der Waals surface area contributed by atoms with Crippen LogP contribution in [0.1, 0.15) is 54.2 Å². The van der Waals surface area contributed by atoms with Gasteiger partial charge in [0.15, 0.2) is 5.78 Å². The number of amides is 2. The van der Waals surface area contributed by atoms with Crippen LogP contribution < -0.4 is 5.32 Å². The van der Waals surface area contributed by atoms with E-state index in [1.54, 1.807) is 23.1 Å². The van der Waals surface area contributed by atoms with E-state index in [0.29, 0.717) is 37.3 Å². The fourth-order valence-corrected chi connectivity index (χ4v) is 7.94. The number of ketones is 1. The molecule has 4 aromatic rings. The van der Waals surface area contributed by atoms with Crippen molar-refractivity contribution in [2.75, 3.05) is 26.2 Å². The van der Waals surface area contributed by atoms with Gasteiger partial charge in [0.05, 0.1) is 16.9 Å². The number of halogens is 1. The lowest BCUT2D eigenvalue weighted by molar-refractivity contribution is -0.385. The number of non-ortho nitro benzene ring substituents is 1. The fraction of sp³-hybridized carbons (Fsp3) is 0.286. The number of carbonyl (C=O) groups excluding carboxylic acids is 3. The van der Waals surface area contributed by atoms with Crippen LogP contribution in [0.25, 0.3) is 0 Å². The summed E-state index contributed by atoms with van der Waals surface area (Å²) in [5.74, 6) is -3.63. The molecule has 46 heavy (non-hydrogen) atoms. The summed E-state index contributed by atoms with van der Waals surface area (Å²) in [6.07, 6.45) is 0. The lowest BCUT2D eigenvalue weighted by Crippen LogP contribution is -2.54. The van der Waals surface area contributed by atoms with E-state index in [0.717, 1.165) is 22.1 Å². The molecule has 9 nitrogen and oxygen atoms in total. The highest BCUT2D eigenvalue weighted by Gasteiger charge is 2.59. The van der Waals surface area contributed by atoms with Crippen LogP contribution in [-0.2, 0) is 4.79 Å². The molecular weight excluding hydrogens is 607 g/mol. The van der Waals surface area contributed by atoms with E-state index in [4.69, 9.17) is 0 Å². The Labute approximate surface area is 269 Å². The second-order valence-electron chi connectivity index (χ2n) is 11.7. The first-order valence-corrected chi connectivity index (χ1v) is 16.0. The van der Waals surface area contributed by atoms with Crippen molar-refractivity contribution >= 4 is 34.6 Å². The lowest BCUT2D eigenvalue weighted by atomic mass is 9.77. The molecule has 3 aromatic carbocycles. The van der Waals surface area contributed by atoms with Gasteiger partial charge >= 0.3 is 0 Å². The molecule has 0 spiro atoms. The van der Waals surface area contributed by atoms with Crippen molar-refractivity contribution in [3.8, 4) is 0 Å². The van der Waals surface area contributed by atoms with Crippen LogP contribution in [0.3, 0.4) is 0 Å². The standard InChI is InChI=1S/C35H33FN4O5S/c1-21-7-3-4-12-27(21)32(41)28-29(33-22(2)13-18-46-33)31(35(43)38-16-14-37-15-17-38)39(34(42)24-9-5-10-25(36)19-24)30(28)23-8-6-11-26(20-23)40(44)45/h3-13,18-20,28-31,37H,14-17H2,1-2H3. The number of aryl methyl sites for hydroxylation is 2. The van der Waals surface area contributed by atoms with Gasteiger partial charge in [-0.05, 0) is 60.2 Å².